The predicted molar refractivity (Wildman–Crippen MR) is 102 cm³/mol. The van der Waals surface area contributed by atoms with Crippen LogP contribution >= 0.6 is 11.3 Å². The zero-order chi connectivity index (χ0) is 18.5. The van der Waals surface area contributed by atoms with Crippen molar-refractivity contribution >= 4 is 23.2 Å². The summed E-state index contributed by atoms with van der Waals surface area (Å²) < 4.78 is 1.87. The Balaban J connectivity index is 1.59. The minimum absolute atomic E-state index is 0.0718. The lowest BCUT2D eigenvalue weighted by Gasteiger charge is -2.32. The van der Waals surface area contributed by atoms with Crippen LogP contribution in [0.15, 0.2) is 23.7 Å². The number of carbonyl (C=O) groups is 2. The lowest BCUT2D eigenvalue weighted by molar-refractivity contribution is -0.120. The second-order valence-corrected chi connectivity index (χ2v) is 7.61. The maximum Gasteiger partial charge on any atom is 0.270 e. The van der Waals surface area contributed by atoms with Crippen molar-refractivity contribution < 1.29 is 9.59 Å². The molecule has 3 heterocycles. The molecule has 7 heteroatoms. The molecule has 1 atom stereocenters. The highest BCUT2D eigenvalue weighted by Gasteiger charge is 2.28. The number of hydrogen-bond donors (Lipinski definition) is 1. The minimum atomic E-state index is 0.0718. The van der Waals surface area contributed by atoms with Crippen LogP contribution in [0, 0.1) is 0 Å². The van der Waals surface area contributed by atoms with Crippen LogP contribution in [-0.2, 0) is 18.3 Å². The summed E-state index contributed by atoms with van der Waals surface area (Å²) >= 11 is 1.67. The normalized spacial score (nSPS) is 17.3. The van der Waals surface area contributed by atoms with Crippen molar-refractivity contribution in [3.05, 3.63) is 40.1 Å². The molecule has 1 aliphatic rings. The van der Waals surface area contributed by atoms with Crippen LogP contribution in [0.1, 0.15) is 53.3 Å². The molecule has 2 amide bonds. The third-order valence-corrected chi connectivity index (χ3v) is 5.87. The number of nitrogens with zero attached hydrogens (tertiary/aromatic N) is 3. The van der Waals surface area contributed by atoms with Crippen molar-refractivity contribution in [1.29, 1.82) is 0 Å². The molecule has 0 radical (unpaired) electrons. The molecule has 0 saturated carbocycles. The molecule has 6 nitrogen and oxygen atoms in total. The number of nitrogens with one attached hydrogen (secondary N) is 1. The summed E-state index contributed by atoms with van der Waals surface area (Å²) in [6.45, 7) is 4.01. The third-order valence-electron chi connectivity index (χ3n) is 4.81. The number of likely N-dealkylation sites (tertiary alicyclic amines) is 1. The lowest BCUT2D eigenvalue weighted by Crippen LogP contribution is -2.39. The number of aryl methyl sites for hydroxylation is 1. The van der Waals surface area contributed by atoms with Crippen LogP contribution in [0.4, 0.5) is 0 Å². The first-order valence-electron chi connectivity index (χ1n) is 9.20. The van der Waals surface area contributed by atoms with E-state index < -0.39 is 0 Å². The first kappa shape index (κ1) is 18.6. The highest BCUT2D eigenvalue weighted by molar-refractivity contribution is 7.09. The van der Waals surface area contributed by atoms with E-state index in [1.165, 1.54) is 0 Å². The molecule has 3 rings (SSSR count). The lowest BCUT2D eigenvalue weighted by atomic mass is 9.98. The molecule has 1 saturated heterocycles. The quantitative estimate of drug-likeness (QED) is 0.845. The van der Waals surface area contributed by atoms with Crippen molar-refractivity contribution in [3.8, 4) is 0 Å². The number of aromatic nitrogens is 2. The smallest absolute Gasteiger partial charge is 0.270 e. The molecule has 140 valence electrons. The van der Waals surface area contributed by atoms with E-state index in [1.807, 2.05) is 41.8 Å². The molecule has 0 bridgehead atoms. The van der Waals surface area contributed by atoms with Crippen LogP contribution in [0.5, 0.6) is 0 Å². The van der Waals surface area contributed by atoms with Gasteiger partial charge in [-0.05, 0) is 25.0 Å². The summed E-state index contributed by atoms with van der Waals surface area (Å²) in [5, 5.41) is 6.06. The molecule has 0 aromatic carbocycles. The zero-order valence-electron chi connectivity index (χ0n) is 15.4. The Hall–Kier alpha value is -2.15. The van der Waals surface area contributed by atoms with Gasteiger partial charge in [-0.25, -0.2) is 4.98 Å². The van der Waals surface area contributed by atoms with Gasteiger partial charge in [0, 0.05) is 57.0 Å². The number of piperidine rings is 1. The van der Waals surface area contributed by atoms with Crippen molar-refractivity contribution in [2.24, 2.45) is 7.05 Å². The van der Waals surface area contributed by atoms with Crippen molar-refractivity contribution in [1.82, 2.24) is 19.8 Å². The largest absolute Gasteiger partial charge is 0.356 e. The Labute approximate surface area is 158 Å². The fraction of sp³-hybridized carbons (Fsp3) is 0.526. The van der Waals surface area contributed by atoms with Crippen LogP contribution in [-0.4, -0.2) is 45.9 Å². The van der Waals surface area contributed by atoms with Crippen molar-refractivity contribution in [3.63, 3.8) is 0 Å². The van der Waals surface area contributed by atoms with E-state index >= 15 is 0 Å². The van der Waals surface area contributed by atoms with Crippen LogP contribution in [0.25, 0.3) is 0 Å². The van der Waals surface area contributed by atoms with E-state index in [0.717, 1.165) is 48.7 Å². The Bertz CT molecular complexity index is 767. The van der Waals surface area contributed by atoms with Gasteiger partial charge in [0.2, 0.25) is 5.91 Å². The van der Waals surface area contributed by atoms with Gasteiger partial charge in [-0.1, -0.05) is 6.92 Å². The van der Waals surface area contributed by atoms with Crippen molar-refractivity contribution in [2.45, 2.75) is 38.5 Å². The first-order chi connectivity index (χ1) is 12.6. The average Bonchev–Trinajstić information content (AvgIpc) is 3.30. The molecular weight excluding hydrogens is 348 g/mol. The van der Waals surface area contributed by atoms with E-state index in [0.29, 0.717) is 18.9 Å². The second kappa shape index (κ2) is 8.49. The molecule has 1 fully saturated rings. The van der Waals surface area contributed by atoms with Crippen LogP contribution in [0.3, 0.4) is 0 Å². The van der Waals surface area contributed by atoms with E-state index in [1.54, 1.807) is 11.3 Å². The van der Waals surface area contributed by atoms with Gasteiger partial charge in [0.1, 0.15) is 5.69 Å². The number of hydrogen-bond acceptors (Lipinski definition) is 4. The predicted octanol–water partition coefficient (Wildman–Crippen LogP) is 2.57. The zero-order valence-corrected chi connectivity index (χ0v) is 16.2. The topological polar surface area (TPSA) is 67.2 Å². The molecule has 2 aromatic rings. The number of thiazole rings is 1. The monoisotopic (exact) mass is 374 g/mol. The van der Waals surface area contributed by atoms with Gasteiger partial charge in [0.15, 0.2) is 0 Å². The van der Waals surface area contributed by atoms with Gasteiger partial charge >= 0.3 is 0 Å². The highest BCUT2D eigenvalue weighted by atomic mass is 32.1. The molecular formula is C19H26N4O2S. The Morgan fingerprint density at radius 3 is 3.00 bits per heavy atom. The highest BCUT2D eigenvalue weighted by Crippen LogP contribution is 2.30. The summed E-state index contributed by atoms with van der Waals surface area (Å²) in [6.07, 6.45) is 5.23. The molecule has 2 aromatic heterocycles. The summed E-state index contributed by atoms with van der Waals surface area (Å²) in [5.74, 6) is 0.473. The Morgan fingerprint density at radius 1 is 1.42 bits per heavy atom. The van der Waals surface area contributed by atoms with Gasteiger partial charge < -0.3 is 14.8 Å². The van der Waals surface area contributed by atoms with Gasteiger partial charge in [0.25, 0.3) is 5.91 Å². The summed E-state index contributed by atoms with van der Waals surface area (Å²) in [5.41, 5.74) is 1.75. The standard InChI is InChI=1S/C19H26N4O2S/c1-3-17(24)20-9-8-15-13-26-18(21-15)14-6-4-11-23(12-14)19(25)16-7-5-10-22(16)2/h5,7,10,13-14H,3-4,6,8-9,11-12H2,1-2H3,(H,20,24). The number of carbonyl (C=O) groups excluding carboxylic acids is 2. The molecule has 26 heavy (non-hydrogen) atoms. The fourth-order valence-electron chi connectivity index (χ4n) is 3.29. The van der Waals surface area contributed by atoms with Crippen LogP contribution < -0.4 is 5.32 Å². The third kappa shape index (κ3) is 4.33. The van der Waals surface area contributed by atoms with E-state index in [2.05, 4.69) is 10.7 Å². The second-order valence-electron chi connectivity index (χ2n) is 6.73. The van der Waals surface area contributed by atoms with Crippen LogP contribution in [0.2, 0.25) is 0 Å². The molecule has 0 spiro atoms. The number of amides is 2. The molecule has 0 aliphatic carbocycles. The minimum Gasteiger partial charge on any atom is -0.356 e. The van der Waals surface area contributed by atoms with E-state index in [-0.39, 0.29) is 11.8 Å². The van der Waals surface area contributed by atoms with Crippen molar-refractivity contribution in [2.75, 3.05) is 19.6 Å². The SMILES string of the molecule is CCC(=O)NCCc1csc(C2CCCN(C(=O)c3cccn3C)C2)n1. The summed E-state index contributed by atoms with van der Waals surface area (Å²) in [7, 11) is 1.90. The summed E-state index contributed by atoms with van der Waals surface area (Å²) in [4.78, 5) is 30.8. The average molecular weight is 375 g/mol. The van der Waals surface area contributed by atoms with Gasteiger partial charge in [0.05, 0.1) is 10.7 Å². The fourth-order valence-corrected chi connectivity index (χ4v) is 4.27. The molecule has 1 aliphatic heterocycles. The Morgan fingerprint density at radius 2 is 2.27 bits per heavy atom. The van der Waals surface area contributed by atoms with E-state index in [4.69, 9.17) is 4.98 Å². The maximum absolute atomic E-state index is 12.7. The first-order valence-corrected chi connectivity index (χ1v) is 10.1. The molecule has 1 unspecified atom stereocenters. The number of rotatable bonds is 6. The molecule has 1 N–H and O–H groups in total. The van der Waals surface area contributed by atoms with Gasteiger partial charge in [-0.15, -0.1) is 11.3 Å². The van der Waals surface area contributed by atoms with Gasteiger partial charge in [-0.2, -0.15) is 0 Å². The summed E-state index contributed by atoms with van der Waals surface area (Å²) in [6, 6.07) is 3.77. The van der Waals surface area contributed by atoms with Gasteiger partial charge in [-0.3, -0.25) is 9.59 Å². The maximum atomic E-state index is 12.7. The Kier molecular flexibility index (Phi) is 6.08. The van der Waals surface area contributed by atoms with E-state index in [9.17, 15) is 9.59 Å².